The molecule has 1 aliphatic heterocycles. The van der Waals surface area contributed by atoms with E-state index in [9.17, 15) is 4.79 Å². The zero-order chi connectivity index (χ0) is 15.6. The third-order valence-corrected chi connectivity index (χ3v) is 4.87. The average molecular weight is 310 g/mol. The van der Waals surface area contributed by atoms with Gasteiger partial charge in [0.15, 0.2) is 0 Å². The summed E-state index contributed by atoms with van der Waals surface area (Å²) >= 11 is 0. The third kappa shape index (κ3) is 3.14. The molecule has 4 rings (SSSR count). The van der Waals surface area contributed by atoms with Crippen LogP contribution in [0.4, 0.5) is 0 Å². The summed E-state index contributed by atoms with van der Waals surface area (Å²) in [7, 11) is 0. The summed E-state index contributed by atoms with van der Waals surface area (Å²) in [5.41, 5.74) is 1.22. The second-order valence-electron chi connectivity index (χ2n) is 6.67. The number of carbonyl (C=O) groups excluding carboxylic acids is 1. The Kier molecular flexibility index (Phi) is 3.85. The van der Waals surface area contributed by atoms with Crippen molar-refractivity contribution in [3.8, 4) is 0 Å². The number of amides is 1. The van der Waals surface area contributed by atoms with E-state index in [4.69, 9.17) is 0 Å². The molecule has 3 heterocycles. The molecule has 1 aliphatic carbocycles. The molecule has 5 heteroatoms. The maximum absolute atomic E-state index is 12.3. The molecular weight excluding hydrogens is 288 g/mol. The van der Waals surface area contributed by atoms with Crippen LogP contribution in [0.15, 0.2) is 36.9 Å². The van der Waals surface area contributed by atoms with Crippen LogP contribution < -0.4 is 0 Å². The number of imidazole rings is 1. The van der Waals surface area contributed by atoms with Gasteiger partial charge in [-0.3, -0.25) is 9.78 Å². The van der Waals surface area contributed by atoms with E-state index in [1.165, 1.54) is 5.56 Å². The van der Waals surface area contributed by atoms with E-state index in [0.717, 1.165) is 51.1 Å². The maximum Gasteiger partial charge on any atom is 0.225 e. The van der Waals surface area contributed by atoms with E-state index in [-0.39, 0.29) is 0 Å². The van der Waals surface area contributed by atoms with Crippen molar-refractivity contribution in [2.45, 2.75) is 38.1 Å². The molecule has 23 heavy (non-hydrogen) atoms. The van der Waals surface area contributed by atoms with Gasteiger partial charge in [-0.2, -0.15) is 0 Å². The van der Waals surface area contributed by atoms with Crippen LogP contribution in [0, 0.1) is 5.92 Å². The van der Waals surface area contributed by atoms with Crippen LogP contribution in [0.2, 0.25) is 0 Å². The molecule has 1 amide bonds. The number of aromatic nitrogens is 3. The minimum atomic E-state index is 0.310. The van der Waals surface area contributed by atoms with Crippen molar-refractivity contribution in [1.29, 1.82) is 0 Å². The summed E-state index contributed by atoms with van der Waals surface area (Å²) in [5, 5.41) is 0. The molecular formula is C18H22N4O. The summed E-state index contributed by atoms with van der Waals surface area (Å²) in [6, 6.07) is 4.07. The van der Waals surface area contributed by atoms with Crippen molar-refractivity contribution in [2.24, 2.45) is 5.92 Å². The van der Waals surface area contributed by atoms with Gasteiger partial charge in [0.05, 0.1) is 0 Å². The molecule has 0 bridgehead atoms. The van der Waals surface area contributed by atoms with Gasteiger partial charge in [0.25, 0.3) is 0 Å². The number of carbonyl (C=O) groups is 1. The Morgan fingerprint density at radius 2 is 2.00 bits per heavy atom. The lowest BCUT2D eigenvalue weighted by Gasteiger charge is -2.33. The first-order chi connectivity index (χ1) is 11.3. The van der Waals surface area contributed by atoms with E-state index in [0.29, 0.717) is 17.7 Å². The number of piperidine rings is 1. The number of nitrogens with zero attached hydrogens (tertiary/aromatic N) is 4. The van der Waals surface area contributed by atoms with Crippen molar-refractivity contribution in [3.05, 3.63) is 48.3 Å². The van der Waals surface area contributed by atoms with Gasteiger partial charge in [-0.05, 0) is 43.4 Å². The maximum atomic E-state index is 12.3. The van der Waals surface area contributed by atoms with Gasteiger partial charge < -0.3 is 9.47 Å². The highest BCUT2D eigenvalue weighted by molar-refractivity contribution is 5.81. The Morgan fingerprint density at radius 1 is 1.17 bits per heavy atom. The molecule has 0 aromatic carbocycles. The van der Waals surface area contributed by atoms with Gasteiger partial charge in [-0.25, -0.2) is 4.98 Å². The molecule has 120 valence electrons. The van der Waals surface area contributed by atoms with Crippen LogP contribution >= 0.6 is 0 Å². The van der Waals surface area contributed by atoms with E-state index in [2.05, 4.69) is 19.4 Å². The van der Waals surface area contributed by atoms with Gasteiger partial charge in [0.2, 0.25) is 5.91 Å². The topological polar surface area (TPSA) is 51.0 Å². The molecule has 2 aromatic heterocycles. The lowest BCUT2D eigenvalue weighted by atomic mass is 9.96. The Labute approximate surface area is 136 Å². The Morgan fingerprint density at radius 3 is 2.78 bits per heavy atom. The van der Waals surface area contributed by atoms with Gasteiger partial charge in [-0.1, -0.05) is 0 Å². The molecule has 0 radical (unpaired) electrons. The normalized spacial score (nSPS) is 21.4. The minimum Gasteiger partial charge on any atom is -0.342 e. The fraction of sp³-hybridized carbons (Fsp3) is 0.500. The Balaban J connectivity index is 1.49. The monoisotopic (exact) mass is 310 g/mol. The molecule has 2 aromatic rings. The Hall–Kier alpha value is -2.17. The third-order valence-electron chi connectivity index (χ3n) is 4.87. The SMILES string of the molecule is O=C(C1CC1)N1CCCC(c2nccn2Cc2ccncc2)C1. The standard InChI is InChI=1S/C18H22N4O/c23-18(15-3-4-15)22-10-1-2-16(13-22)17-20-9-11-21(17)12-14-5-7-19-8-6-14/h5-9,11,15-16H,1-4,10,12-13H2. The van der Waals surface area contributed by atoms with Gasteiger partial charge in [0, 0.05) is 56.3 Å². The first kappa shape index (κ1) is 14.4. The fourth-order valence-electron chi connectivity index (χ4n) is 3.48. The zero-order valence-corrected chi connectivity index (χ0v) is 13.3. The highest BCUT2D eigenvalue weighted by Crippen LogP contribution is 2.34. The van der Waals surface area contributed by atoms with Gasteiger partial charge in [-0.15, -0.1) is 0 Å². The van der Waals surface area contributed by atoms with E-state index in [1.807, 2.05) is 36.9 Å². The fourth-order valence-corrected chi connectivity index (χ4v) is 3.48. The molecule has 2 aliphatic rings. The molecule has 1 unspecified atom stereocenters. The van der Waals surface area contributed by atoms with Gasteiger partial charge >= 0.3 is 0 Å². The molecule has 1 saturated heterocycles. The number of hydrogen-bond donors (Lipinski definition) is 0. The van der Waals surface area contributed by atoms with Crippen LogP contribution in [0.3, 0.4) is 0 Å². The predicted molar refractivity (Wildman–Crippen MR) is 86.8 cm³/mol. The largest absolute Gasteiger partial charge is 0.342 e. The van der Waals surface area contributed by atoms with Crippen molar-refractivity contribution < 1.29 is 4.79 Å². The van der Waals surface area contributed by atoms with Crippen LogP contribution in [0.1, 0.15) is 43.0 Å². The zero-order valence-electron chi connectivity index (χ0n) is 13.3. The number of likely N-dealkylation sites (tertiary alicyclic amines) is 1. The Bertz CT molecular complexity index is 677. The van der Waals surface area contributed by atoms with Crippen molar-refractivity contribution in [3.63, 3.8) is 0 Å². The molecule has 1 atom stereocenters. The van der Waals surface area contributed by atoms with E-state index in [1.54, 1.807) is 0 Å². The molecule has 0 spiro atoms. The van der Waals surface area contributed by atoms with E-state index < -0.39 is 0 Å². The summed E-state index contributed by atoms with van der Waals surface area (Å²) in [4.78, 5) is 23.1. The lowest BCUT2D eigenvalue weighted by molar-refractivity contribution is -0.133. The van der Waals surface area contributed by atoms with Crippen LogP contribution in [0.5, 0.6) is 0 Å². The molecule has 2 fully saturated rings. The second-order valence-corrected chi connectivity index (χ2v) is 6.67. The first-order valence-electron chi connectivity index (χ1n) is 8.50. The predicted octanol–water partition coefficient (Wildman–Crippen LogP) is 2.44. The first-order valence-corrected chi connectivity index (χ1v) is 8.50. The van der Waals surface area contributed by atoms with Crippen molar-refractivity contribution >= 4 is 5.91 Å². The summed E-state index contributed by atoms with van der Waals surface area (Å²) in [5.74, 6) is 2.13. The van der Waals surface area contributed by atoms with Crippen LogP contribution in [-0.4, -0.2) is 38.4 Å². The number of pyridine rings is 1. The highest BCUT2D eigenvalue weighted by Gasteiger charge is 2.36. The number of rotatable bonds is 4. The summed E-state index contributed by atoms with van der Waals surface area (Å²) in [6.07, 6.45) is 11.9. The summed E-state index contributed by atoms with van der Waals surface area (Å²) in [6.45, 7) is 2.55. The van der Waals surface area contributed by atoms with Crippen molar-refractivity contribution in [1.82, 2.24) is 19.4 Å². The smallest absolute Gasteiger partial charge is 0.225 e. The molecule has 1 saturated carbocycles. The van der Waals surface area contributed by atoms with Crippen molar-refractivity contribution in [2.75, 3.05) is 13.1 Å². The summed E-state index contributed by atoms with van der Waals surface area (Å²) < 4.78 is 2.21. The van der Waals surface area contributed by atoms with Crippen LogP contribution in [-0.2, 0) is 11.3 Å². The van der Waals surface area contributed by atoms with Gasteiger partial charge in [0.1, 0.15) is 5.82 Å². The molecule has 5 nitrogen and oxygen atoms in total. The number of hydrogen-bond acceptors (Lipinski definition) is 3. The second kappa shape index (κ2) is 6.14. The quantitative estimate of drug-likeness (QED) is 0.871. The molecule has 0 N–H and O–H groups in total. The lowest BCUT2D eigenvalue weighted by Crippen LogP contribution is -2.40. The minimum absolute atomic E-state index is 0.310. The van der Waals surface area contributed by atoms with E-state index >= 15 is 0 Å². The van der Waals surface area contributed by atoms with Crippen LogP contribution in [0.25, 0.3) is 0 Å². The highest BCUT2D eigenvalue weighted by atomic mass is 16.2. The average Bonchev–Trinajstić information content (AvgIpc) is 3.35.